The highest BCUT2D eigenvalue weighted by molar-refractivity contribution is 5.96. The smallest absolute Gasteiger partial charge is 0.318 e. The van der Waals surface area contributed by atoms with Gasteiger partial charge in [-0.3, -0.25) is 15.0 Å². The fourth-order valence-electron chi connectivity index (χ4n) is 3.55. The number of nitrogens with one attached hydrogen (secondary N) is 1. The zero-order valence-corrected chi connectivity index (χ0v) is 13.7. The zero-order valence-electron chi connectivity index (χ0n) is 13.7. The van der Waals surface area contributed by atoms with Crippen LogP contribution in [-0.2, 0) is 11.8 Å². The molecule has 6 nitrogen and oxygen atoms in total. The maximum Gasteiger partial charge on any atom is 0.318 e. The van der Waals surface area contributed by atoms with Gasteiger partial charge < -0.3 is 10.3 Å². The van der Waals surface area contributed by atoms with E-state index in [2.05, 4.69) is 20.9 Å². The maximum atomic E-state index is 12.7. The molecule has 6 heteroatoms. The number of carbonyl (C=O) groups is 2. The number of imide groups is 1. The van der Waals surface area contributed by atoms with Crippen molar-refractivity contribution in [2.24, 2.45) is 12.8 Å². The highest BCUT2D eigenvalue weighted by atomic mass is 16.2. The van der Waals surface area contributed by atoms with Crippen LogP contribution in [0.5, 0.6) is 0 Å². The normalized spacial score (nSPS) is 19.1. The molecule has 1 aliphatic heterocycles. The fraction of sp³-hybridized carbons (Fsp3) is 0.333. The zero-order chi connectivity index (χ0) is 17.1. The number of amides is 3. The van der Waals surface area contributed by atoms with Crippen LogP contribution in [0.4, 0.5) is 4.79 Å². The van der Waals surface area contributed by atoms with Crippen molar-refractivity contribution in [1.29, 1.82) is 0 Å². The molecule has 1 aromatic heterocycles. The van der Waals surface area contributed by atoms with Gasteiger partial charge in [-0.25, -0.2) is 4.79 Å². The molecule has 0 radical (unpaired) electrons. The number of aryl methyl sites for hydroxylation is 1. The molecule has 0 spiro atoms. The number of benzene rings is 1. The lowest BCUT2D eigenvalue weighted by Crippen LogP contribution is -2.44. The van der Waals surface area contributed by atoms with E-state index >= 15 is 0 Å². The van der Waals surface area contributed by atoms with Crippen LogP contribution in [0.2, 0.25) is 0 Å². The van der Waals surface area contributed by atoms with E-state index in [1.54, 1.807) is 0 Å². The topological polar surface area (TPSA) is 80.4 Å². The molecule has 0 aliphatic carbocycles. The predicted molar refractivity (Wildman–Crippen MR) is 91.0 cm³/mol. The Hall–Kier alpha value is -2.60. The molecule has 1 aromatic carbocycles. The van der Waals surface area contributed by atoms with Crippen LogP contribution in [0.1, 0.15) is 36.2 Å². The van der Waals surface area contributed by atoms with E-state index in [0.29, 0.717) is 0 Å². The molecular weight excluding hydrogens is 304 g/mol. The standard InChI is InChI=1S/C18H22N4O2/c1-21-11-5-9-14(21)15-10-6-12-22(15)16(17(23)20-18(19)24)13-7-3-2-4-8-13/h2-5,7-9,11,15-16H,6,10,12H2,1H3,(H3,19,20,23,24)/t15-,16+/m1/s1. The molecule has 1 fully saturated rings. The van der Waals surface area contributed by atoms with Crippen LogP contribution < -0.4 is 11.1 Å². The van der Waals surface area contributed by atoms with E-state index in [4.69, 9.17) is 5.73 Å². The summed E-state index contributed by atoms with van der Waals surface area (Å²) in [6.45, 7) is 0.793. The van der Waals surface area contributed by atoms with Crippen LogP contribution in [-0.4, -0.2) is 28.0 Å². The number of hydrogen-bond acceptors (Lipinski definition) is 3. The SMILES string of the molecule is Cn1cccc1[C@H]1CCCN1[C@H](C(=O)NC(N)=O)c1ccccc1. The number of hydrogen-bond donors (Lipinski definition) is 2. The number of primary amides is 1. The molecule has 0 saturated carbocycles. The van der Waals surface area contributed by atoms with Crippen LogP contribution in [0.25, 0.3) is 0 Å². The van der Waals surface area contributed by atoms with Crippen molar-refractivity contribution < 1.29 is 9.59 Å². The first kappa shape index (κ1) is 16.3. The molecule has 1 saturated heterocycles. The molecule has 3 amide bonds. The summed E-state index contributed by atoms with van der Waals surface area (Å²) >= 11 is 0. The number of carbonyl (C=O) groups excluding carboxylic acids is 2. The summed E-state index contributed by atoms with van der Waals surface area (Å²) in [4.78, 5) is 26.0. The number of urea groups is 1. The number of likely N-dealkylation sites (tertiary alicyclic amines) is 1. The lowest BCUT2D eigenvalue weighted by molar-refractivity contribution is -0.126. The first-order chi connectivity index (χ1) is 11.6. The second kappa shape index (κ2) is 6.88. The number of aromatic nitrogens is 1. The fourth-order valence-corrected chi connectivity index (χ4v) is 3.55. The quantitative estimate of drug-likeness (QED) is 0.903. The molecule has 2 atom stereocenters. The third-order valence-corrected chi connectivity index (χ3v) is 4.56. The van der Waals surface area contributed by atoms with Crippen molar-refractivity contribution in [1.82, 2.24) is 14.8 Å². The first-order valence-corrected chi connectivity index (χ1v) is 8.10. The Morgan fingerprint density at radius 2 is 1.96 bits per heavy atom. The second-order valence-electron chi connectivity index (χ2n) is 6.11. The summed E-state index contributed by atoms with van der Waals surface area (Å²) in [5.74, 6) is -0.380. The third-order valence-electron chi connectivity index (χ3n) is 4.56. The van der Waals surface area contributed by atoms with Crippen molar-refractivity contribution in [2.75, 3.05) is 6.54 Å². The Bertz CT molecular complexity index is 726. The van der Waals surface area contributed by atoms with Gasteiger partial charge >= 0.3 is 6.03 Å². The van der Waals surface area contributed by atoms with Crippen molar-refractivity contribution in [3.63, 3.8) is 0 Å². The van der Waals surface area contributed by atoms with Gasteiger partial charge in [-0.15, -0.1) is 0 Å². The number of rotatable bonds is 4. The second-order valence-corrected chi connectivity index (χ2v) is 6.11. The average Bonchev–Trinajstić information content (AvgIpc) is 3.16. The lowest BCUT2D eigenvalue weighted by atomic mass is 10.0. The van der Waals surface area contributed by atoms with E-state index in [1.165, 1.54) is 5.69 Å². The van der Waals surface area contributed by atoms with Gasteiger partial charge in [0.25, 0.3) is 0 Å². The van der Waals surface area contributed by atoms with Gasteiger partial charge in [0.05, 0.1) is 6.04 Å². The first-order valence-electron chi connectivity index (χ1n) is 8.10. The van der Waals surface area contributed by atoms with Gasteiger partial charge in [0.1, 0.15) is 6.04 Å². The van der Waals surface area contributed by atoms with E-state index < -0.39 is 12.1 Å². The summed E-state index contributed by atoms with van der Waals surface area (Å²) in [6.07, 6.45) is 3.99. The summed E-state index contributed by atoms with van der Waals surface area (Å²) in [6, 6.07) is 12.4. The Kier molecular flexibility index (Phi) is 4.66. The highest BCUT2D eigenvalue weighted by Crippen LogP contribution is 2.38. The molecule has 3 N–H and O–H groups in total. The van der Waals surface area contributed by atoms with Crippen molar-refractivity contribution in [3.05, 3.63) is 59.9 Å². The Labute approximate surface area is 141 Å². The molecule has 2 aromatic rings. The number of nitrogens with two attached hydrogens (primary N) is 1. The van der Waals surface area contributed by atoms with E-state index in [0.717, 1.165) is 24.9 Å². The number of nitrogens with zero attached hydrogens (tertiary/aromatic N) is 2. The third kappa shape index (κ3) is 3.19. The maximum absolute atomic E-state index is 12.7. The van der Waals surface area contributed by atoms with Crippen molar-refractivity contribution >= 4 is 11.9 Å². The monoisotopic (exact) mass is 326 g/mol. The molecule has 126 valence electrons. The minimum atomic E-state index is -0.824. The largest absolute Gasteiger partial charge is 0.353 e. The van der Waals surface area contributed by atoms with Crippen LogP contribution in [0.3, 0.4) is 0 Å². The highest BCUT2D eigenvalue weighted by Gasteiger charge is 2.37. The molecule has 24 heavy (non-hydrogen) atoms. The molecule has 0 bridgehead atoms. The van der Waals surface area contributed by atoms with Crippen LogP contribution in [0.15, 0.2) is 48.7 Å². The minimum absolute atomic E-state index is 0.133. The van der Waals surface area contributed by atoms with E-state index in [9.17, 15) is 9.59 Å². The van der Waals surface area contributed by atoms with Gasteiger partial charge in [0.2, 0.25) is 5.91 Å². The van der Waals surface area contributed by atoms with Gasteiger partial charge in [-0.2, -0.15) is 0 Å². The Morgan fingerprint density at radius 1 is 1.21 bits per heavy atom. The molecule has 0 unspecified atom stereocenters. The van der Waals surface area contributed by atoms with E-state index in [-0.39, 0.29) is 11.9 Å². The van der Waals surface area contributed by atoms with Gasteiger partial charge in [-0.1, -0.05) is 30.3 Å². The lowest BCUT2D eigenvalue weighted by Gasteiger charge is -2.32. The molecule has 2 heterocycles. The Morgan fingerprint density at radius 3 is 2.58 bits per heavy atom. The molecule has 1 aliphatic rings. The van der Waals surface area contributed by atoms with E-state index in [1.807, 2.05) is 49.6 Å². The van der Waals surface area contributed by atoms with Gasteiger partial charge in [0, 0.05) is 18.9 Å². The minimum Gasteiger partial charge on any atom is -0.353 e. The predicted octanol–water partition coefficient (Wildman–Crippen LogP) is 2.10. The van der Waals surface area contributed by atoms with Crippen molar-refractivity contribution in [3.8, 4) is 0 Å². The summed E-state index contributed by atoms with van der Waals surface area (Å²) in [5, 5.41) is 2.25. The Balaban J connectivity index is 1.96. The van der Waals surface area contributed by atoms with Crippen LogP contribution in [0, 0.1) is 0 Å². The van der Waals surface area contributed by atoms with Crippen LogP contribution >= 0.6 is 0 Å². The van der Waals surface area contributed by atoms with Crippen molar-refractivity contribution in [2.45, 2.75) is 24.9 Å². The van der Waals surface area contributed by atoms with Gasteiger partial charge in [0.15, 0.2) is 0 Å². The average molecular weight is 326 g/mol. The summed E-state index contributed by atoms with van der Waals surface area (Å²) < 4.78 is 2.08. The molecule has 3 rings (SSSR count). The van der Waals surface area contributed by atoms with Gasteiger partial charge in [-0.05, 0) is 37.1 Å². The summed E-state index contributed by atoms with van der Waals surface area (Å²) in [5.41, 5.74) is 7.19. The molecular formula is C18H22N4O2. The summed E-state index contributed by atoms with van der Waals surface area (Å²) in [7, 11) is 2.01.